The first-order valence-electron chi connectivity index (χ1n) is 3.23. The van der Waals surface area contributed by atoms with E-state index < -0.39 is 0 Å². The molecule has 1 N–H and O–H groups in total. The van der Waals surface area contributed by atoms with Crippen molar-refractivity contribution in [2.45, 2.75) is 6.42 Å². The van der Waals surface area contributed by atoms with Crippen molar-refractivity contribution in [1.82, 2.24) is 0 Å². The summed E-state index contributed by atoms with van der Waals surface area (Å²) in [7, 11) is 0. The third kappa shape index (κ3) is 1.38. The fraction of sp³-hybridized carbons (Fsp3) is 0.111. The Morgan fingerprint density at radius 1 is 1.40 bits per heavy atom. The highest BCUT2D eigenvalue weighted by Gasteiger charge is 1.95. The van der Waals surface area contributed by atoms with Crippen molar-refractivity contribution in [3.05, 3.63) is 48.3 Å². The van der Waals surface area contributed by atoms with E-state index in [0.29, 0.717) is 5.76 Å². The van der Waals surface area contributed by atoms with Crippen LogP contribution >= 0.6 is 0 Å². The zero-order valence-corrected chi connectivity index (χ0v) is 5.75. The van der Waals surface area contributed by atoms with Gasteiger partial charge in [0.1, 0.15) is 5.76 Å². The first-order chi connectivity index (χ1) is 4.84. The van der Waals surface area contributed by atoms with Crippen molar-refractivity contribution in [1.29, 1.82) is 0 Å². The lowest BCUT2D eigenvalue weighted by Gasteiger charge is -1.92. The number of rotatable bonds is 1. The summed E-state index contributed by atoms with van der Waals surface area (Å²) >= 11 is 0. The molecule has 0 fully saturated rings. The van der Waals surface area contributed by atoms with Gasteiger partial charge in [0.2, 0.25) is 0 Å². The van der Waals surface area contributed by atoms with E-state index in [1.165, 1.54) is 0 Å². The van der Waals surface area contributed by atoms with Crippen LogP contribution in [0.5, 0.6) is 0 Å². The Morgan fingerprint density at radius 2 is 2.10 bits per heavy atom. The molecule has 1 rings (SSSR count). The summed E-state index contributed by atoms with van der Waals surface area (Å²) in [6.07, 6.45) is 9.96. The minimum Gasteiger partial charge on any atom is -0.507 e. The molecule has 0 saturated carbocycles. The van der Waals surface area contributed by atoms with Gasteiger partial charge in [-0.3, -0.25) is 0 Å². The molecular weight excluding hydrogens is 124 g/mol. The number of allylic oxidation sites excluding steroid dienone is 6. The molecule has 0 spiro atoms. The SMILES string of the molecule is C=CC1=C(O)C=CCC=C1. The summed E-state index contributed by atoms with van der Waals surface area (Å²) in [5.41, 5.74) is 0.786. The zero-order valence-electron chi connectivity index (χ0n) is 5.75. The van der Waals surface area contributed by atoms with Crippen LogP contribution in [0.2, 0.25) is 0 Å². The molecule has 52 valence electrons. The summed E-state index contributed by atoms with van der Waals surface area (Å²) in [4.78, 5) is 0. The molecule has 0 aliphatic heterocycles. The third-order valence-corrected chi connectivity index (χ3v) is 1.36. The zero-order chi connectivity index (χ0) is 7.40. The van der Waals surface area contributed by atoms with Crippen LogP contribution in [0, 0.1) is 0 Å². The second kappa shape index (κ2) is 3.06. The van der Waals surface area contributed by atoms with Gasteiger partial charge in [0.05, 0.1) is 0 Å². The normalized spacial score (nSPS) is 17.2. The summed E-state index contributed by atoms with van der Waals surface area (Å²) in [5, 5.41) is 9.22. The van der Waals surface area contributed by atoms with Crippen molar-refractivity contribution >= 4 is 0 Å². The summed E-state index contributed by atoms with van der Waals surface area (Å²) in [6.45, 7) is 3.57. The second-order valence-corrected chi connectivity index (χ2v) is 2.09. The van der Waals surface area contributed by atoms with E-state index in [4.69, 9.17) is 0 Å². The first kappa shape index (κ1) is 6.87. The van der Waals surface area contributed by atoms with Crippen LogP contribution in [0.3, 0.4) is 0 Å². The van der Waals surface area contributed by atoms with E-state index in [-0.39, 0.29) is 0 Å². The van der Waals surface area contributed by atoms with Gasteiger partial charge in [0, 0.05) is 5.57 Å². The topological polar surface area (TPSA) is 20.2 Å². The van der Waals surface area contributed by atoms with Crippen LogP contribution in [0.15, 0.2) is 48.3 Å². The molecule has 0 atom stereocenters. The number of hydrogen-bond acceptors (Lipinski definition) is 1. The van der Waals surface area contributed by atoms with E-state index in [9.17, 15) is 5.11 Å². The van der Waals surface area contributed by atoms with Crippen molar-refractivity contribution < 1.29 is 5.11 Å². The highest BCUT2D eigenvalue weighted by Crippen LogP contribution is 2.10. The van der Waals surface area contributed by atoms with Gasteiger partial charge in [-0.1, -0.05) is 30.9 Å². The van der Waals surface area contributed by atoms with Crippen molar-refractivity contribution in [3.8, 4) is 0 Å². The number of hydrogen-bond donors (Lipinski definition) is 1. The molecule has 1 nitrogen and oxygen atoms in total. The van der Waals surface area contributed by atoms with Crippen molar-refractivity contribution in [3.63, 3.8) is 0 Å². The van der Waals surface area contributed by atoms with Gasteiger partial charge in [-0.05, 0) is 12.5 Å². The Morgan fingerprint density at radius 3 is 2.80 bits per heavy atom. The van der Waals surface area contributed by atoms with Crippen LogP contribution in [-0.4, -0.2) is 5.11 Å². The van der Waals surface area contributed by atoms with Gasteiger partial charge in [-0.25, -0.2) is 0 Å². The maximum atomic E-state index is 9.22. The molecule has 1 heteroatoms. The van der Waals surface area contributed by atoms with E-state index >= 15 is 0 Å². The molecule has 0 saturated heterocycles. The minimum atomic E-state index is 0.295. The average molecular weight is 134 g/mol. The molecule has 10 heavy (non-hydrogen) atoms. The van der Waals surface area contributed by atoms with Gasteiger partial charge in [-0.2, -0.15) is 0 Å². The molecule has 1 aliphatic rings. The molecule has 0 bridgehead atoms. The smallest absolute Gasteiger partial charge is 0.122 e. The largest absolute Gasteiger partial charge is 0.507 e. The number of aliphatic hydroxyl groups is 1. The van der Waals surface area contributed by atoms with Crippen LogP contribution < -0.4 is 0 Å². The van der Waals surface area contributed by atoms with E-state index in [2.05, 4.69) is 6.58 Å². The second-order valence-electron chi connectivity index (χ2n) is 2.09. The van der Waals surface area contributed by atoms with E-state index in [1.54, 1.807) is 12.2 Å². The highest BCUT2D eigenvalue weighted by atomic mass is 16.3. The van der Waals surface area contributed by atoms with Gasteiger partial charge in [-0.15, -0.1) is 0 Å². The molecule has 0 aromatic heterocycles. The predicted molar refractivity (Wildman–Crippen MR) is 42.7 cm³/mol. The standard InChI is InChI=1S/C9H10O/c1-2-8-6-4-3-5-7-9(8)10/h2,4-7,10H,1,3H2. The van der Waals surface area contributed by atoms with E-state index in [0.717, 1.165) is 12.0 Å². The molecule has 0 unspecified atom stereocenters. The summed E-state index contributed by atoms with van der Waals surface area (Å²) < 4.78 is 0. The quantitative estimate of drug-likeness (QED) is 0.584. The molecule has 0 aromatic carbocycles. The van der Waals surface area contributed by atoms with Gasteiger partial charge >= 0.3 is 0 Å². The monoisotopic (exact) mass is 134 g/mol. The minimum absolute atomic E-state index is 0.295. The molecule has 1 aliphatic carbocycles. The maximum Gasteiger partial charge on any atom is 0.122 e. The number of aliphatic hydroxyl groups excluding tert-OH is 1. The molecule has 0 amide bonds. The predicted octanol–water partition coefficient (Wildman–Crippen LogP) is 2.50. The molecule has 0 aromatic rings. The summed E-state index contributed by atoms with van der Waals surface area (Å²) in [5.74, 6) is 0.295. The van der Waals surface area contributed by atoms with Gasteiger partial charge in [0.25, 0.3) is 0 Å². The lowest BCUT2D eigenvalue weighted by atomic mass is 10.2. The van der Waals surface area contributed by atoms with Gasteiger partial charge < -0.3 is 5.11 Å². The van der Waals surface area contributed by atoms with Gasteiger partial charge in [0.15, 0.2) is 0 Å². The Hall–Kier alpha value is -1.24. The highest BCUT2D eigenvalue weighted by molar-refractivity contribution is 5.38. The molecular formula is C9H10O. The summed E-state index contributed by atoms with van der Waals surface area (Å²) in [6, 6.07) is 0. The lowest BCUT2D eigenvalue weighted by Crippen LogP contribution is -1.78. The lowest BCUT2D eigenvalue weighted by molar-refractivity contribution is 0.429. The third-order valence-electron chi connectivity index (χ3n) is 1.36. The maximum absolute atomic E-state index is 9.22. The Balaban J connectivity index is 2.98. The van der Waals surface area contributed by atoms with Crippen molar-refractivity contribution in [2.24, 2.45) is 0 Å². The average Bonchev–Trinajstić information content (AvgIpc) is 2.13. The Labute approximate surface area is 60.7 Å². The Kier molecular flexibility index (Phi) is 2.11. The van der Waals surface area contributed by atoms with Crippen LogP contribution in [0.4, 0.5) is 0 Å². The fourth-order valence-corrected chi connectivity index (χ4v) is 0.807. The molecule has 0 radical (unpaired) electrons. The van der Waals surface area contributed by atoms with E-state index in [1.807, 2.05) is 18.2 Å². The van der Waals surface area contributed by atoms with Crippen LogP contribution in [-0.2, 0) is 0 Å². The molecule has 0 heterocycles. The van der Waals surface area contributed by atoms with Crippen LogP contribution in [0.25, 0.3) is 0 Å². The Bertz CT molecular complexity index is 219. The fourth-order valence-electron chi connectivity index (χ4n) is 0.807. The van der Waals surface area contributed by atoms with Crippen molar-refractivity contribution in [2.75, 3.05) is 0 Å². The van der Waals surface area contributed by atoms with Crippen LogP contribution in [0.1, 0.15) is 6.42 Å². The first-order valence-corrected chi connectivity index (χ1v) is 3.23.